The minimum Gasteiger partial charge on any atom is -0.505 e. The number of aliphatic hydroxyl groups excluding tert-OH is 1. The van der Waals surface area contributed by atoms with E-state index in [-0.39, 0.29) is 0 Å². The van der Waals surface area contributed by atoms with Crippen molar-refractivity contribution in [2.75, 3.05) is 0 Å². The number of aromatic nitrogens is 4. The molecule has 0 saturated carbocycles. The Balaban J connectivity index is 2.64. The van der Waals surface area contributed by atoms with Crippen molar-refractivity contribution in [1.82, 2.24) is 20.6 Å². The van der Waals surface area contributed by atoms with Gasteiger partial charge in [-0.25, -0.2) is 0 Å². The Morgan fingerprint density at radius 3 is 2.00 bits per heavy atom. The van der Waals surface area contributed by atoms with Crippen LogP contribution < -0.4 is 0 Å². The van der Waals surface area contributed by atoms with Crippen LogP contribution >= 0.6 is 0 Å². The molecule has 0 radical (unpaired) electrons. The molecule has 0 unspecified atom stereocenters. The summed E-state index contributed by atoms with van der Waals surface area (Å²) in [6.07, 6.45) is -7.14. The number of halogens is 9. The van der Waals surface area contributed by atoms with Crippen molar-refractivity contribution in [1.29, 1.82) is 0 Å². The Morgan fingerprint density at radius 2 is 1.52 bits per heavy atom. The summed E-state index contributed by atoms with van der Waals surface area (Å²) in [4.78, 5) is 12.0. The van der Waals surface area contributed by atoms with Crippen LogP contribution in [0.1, 0.15) is 5.56 Å². The molecule has 0 spiro atoms. The second kappa shape index (κ2) is 7.95. The number of carbonyl (C=O) groups is 1. The Kier molecular flexibility index (Phi) is 6.09. The molecule has 0 amide bonds. The van der Waals surface area contributed by atoms with Crippen molar-refractivity contribution in [3.05, 3.63) is 41.6 Å². The summed E-state index contributed by atoms with van der Waals surface area (Å²) < 4.78 is 118. The lowest BCUT2D eigenvalue weighted by molar-refractivity contribution is -0.388. The summed E-state index contributed by atoms with van der Waals surface area (Å²) in [6.45, 7) is 0. The molecule has 17 heteroatoms. The van der Waals surface area contributed by atoms with Crippen molar-refractivity contribution >= 4 is 17.5 Å². The van der Waals surface area contributed by atoms with Gasteiger partial charge in [-0.15, -0.1) is 15.3 Å². The highest BCUT2D eigenvalue weighted by Crippen LogP contribution is 2.54. The highest BCUT2D eigenvalue weighted by Gasteiger charge is 2.83. The monoisotopic (exact) mass is 462 g/mol. The number of nitrogens with one attached hydrogen (secondary N) is 1. The molecule has 0 atom stereocenters. The number of H-pyrrole nitrogens is 1. The molecule has 0 aliphatic heterocycles. The zero-order valence-corrected chi connectivity index (χ0v) is 14.4. The Labute approximate surface area is 164 Å². The third-order valence-electron chi connectivity index (χ3n) is 3.49. The van der Waals surface area contributed by atoms with Gasteiger partial charge in [0, 0.05) is 5.56 Å². The van der Waals surface area contributed by atoms with E-state index >= 15 is 0 Å². The molecule has 31 heavy (non-hydrogen) atoms. The highest BCUT2D eigenvalue weighted by atomic mass is 19.4. The van der Waals surface area contributed by atoms with E-state index in [1.54, 1.807) is 0 Å². The Morgan fingerprint density at radius 1 is 0.935 bits per heavy atom. The first kappa shape index (κ1) is 23.7. The van der Waals surface area contributed by atoms with E-state index in [4.69, 9.17) is 0 Å². The fourth-order valence-electron chi connectivity index (χ4n) is 1.89. The molecule has 2 rings (SSSR count). The minimum absolute atomic E-state index is 0.514. The second-order valence-corrected chi connectivity index (χ2v) is 5.53. The summed E-state index contributed by atoms with van der Waals surface area (Å²) >= 11 is 0. The molecule has 1 aromatic carbocycles. The van der Waals surface area contributed by atoms with Crippen LogP contribution in [0.4, 0.5) is 45.5 Å². The average Bonchev–Trinajstić information content (AvgIpc) is 3.20. The van der Waals surface area contributed by atoms with E-state index in [1.165, 1.54) is 18.2 Å². The summed E-state index contributed by atoms with van der Waals surface area (Å²) in [6, 6.07) is 5.59. The summed E-state index contributed by atoms with van der Waals surface area (Å²) in [7, 11) is 0. The van der Waals surface area contributed by atoms with E-state index in [9.17, 15) is 49.4 Å². The number of carbonyl (C=O) groups excluding carboxylic acids is 1. The van der Waals surface area contributed by atoms with E-state index < -0.39 is 52.7 Å². The zero-order valence-electron chi connectivity index (χ0n) is 14.4. The molecular formula is C14H7F9N6O2. The molecule has 2 N–H and O–H groups in total. The fraction of sp³-hybridized carbons (Fsp3) is 0.286. The minimum atomic E-state index is -7.32. The SMILES string of the molecule is O=C(/C(N=Nc1nn[nH]n1)=C(\O)c1ccccc1)C(F)(F)C(F)(F)C(F)(F)C(F)(F)F. The number of nitrogens with zero attached hydrogens (tertiary/aromatic N) is 5. The van der Waals surface area contributed by atoms with Crippen LogP contribution in [0.2, 0.25) is 0 Å². The van der Waals surface area contributed by atoms with Crippen LogP contribution in [-0.4, -0.2) is 55.5 Å². The number of allylic oxidation sites excluding steroid dienone is 1. The normalized spacial score (nSPS) is 14.6. The molecule has 0 fully saturated rings. The number of aromatic amines is 1. The Bertz CT molecular complexity index is 987. The van der Waals surface area contributed by atoms with Crippen LogP contribution in [-0.2, 0) is 4.79 Å². The first-order valence-corrected chi connectivity index (χ1v) is 7.53. The van der Waals surface area contributed by atoms with Gasteiger partial charge in [0.25, 0.3) is 5.78 Å². The van der Waals surface area contributed by atoms with Crippen molar-refractivity contribution in [3.8, 4) is 0 Å². The number of hydrogen-bond donors (Lipinski definition) is 2. The summed E-state index contributed by atoms with van der Waals surface area (Å²) in [5, 5.41) is 26.7. The van der Waals surface area contributed by atoms with Crippen molar-refractivity contribution in [3.63, 3.8) is 0 Å². The van der Waals surface area contributed by atoms with Gasteiger partial charge in [0.1, 0.15) is 0 Å². The number of rotatable bonds is 7. The maximum atomic E-state index is 14.0. The molecule has 1 aromatic heterocycles. The van der Waals surface area contributed by atoms with E-state index in [0.29, 0.717) is 0 Å². The zero-order chi connectivity index (χ0) is 23.7. The number of azo groups is 1. The maximum absolute atomic E-state index is 14.0. The third kappa shape index (κ3) is 4.19. The largest absolute Gasteiger partial charge is 0.505 e. The molecule has 0 saturated heterocycles. The van der Waals surface area contributed by atoms with Gasteiger partial charge in [-0.3, -0.25) is 4.79 Å². The van der Waals surface area contributed by atoms with Gasteiger partial charge in [-0.05, 0) is 5.21 Å². The van der Waals surface area contributed by atoms with Crippen molar-refractivity contribution in [2.24, 2.45) is 10.2 Å². The molecule has 0 aliphatic rings. The lowest BCUT2D eigenvalue weighted by atomic mass is 9.97. The lowest BCUT2D eigenvalue weighted by Gasteiger charge is -2.32. The lowest BCUT2D eigenvalue weighted by Crippen LogP contribution is -2.63. The topological polar surface area (TPSA) is 116 Å². The number of ketones is 1. The van der Waals surface area contributed by atoms with Crippen LogP contribution in [0.5, 0.6) is 0 Å². The number of Topliss-reactive ketones (excluding diaryl/α,β-unsaturated/α-hetero) is 1. The van der Waals surface area contributed by atoms with Gasteiger partial charge in [0.05, 0.1) is 0 Å². The number of tetrazole rings is 1. The van der Waals surface area contributed by atoms with Gasteiger partial charge in [0.15, 0.2) is 11.5 Å². The van der Waals surface area contributed by atoms with Gasteiger partial charge in [0.2, 0.25) is 0 Å². The van der Waals surface area contributed by atoms with Gasteiger partial charge < -0.3 is 5.11 Å². The van der Waals surface area contributed by atoms with Gasteiger partial charge in [-0.2, -0.15) is 44.7 Å². The maximum Gasteiger partial charge on any atom is 0.460 e. The van der Waals surface area contributed by atoms with Crippen LogP contribution in [0.25, 0.3) is 5.76 Å². The molecule has 1 heterocycles. The number of aliphatic hydroxyl groups is 1. The second-order valence-electron chi connectivity index (χ2n) is 5.53. The molecule has 168 valence electrons. The van der Waals surface area contributed by atoms with E-state index in [1.807, 2.05) is 5.21 Å². The molecule has 8 nitrogen and oxygen atoms in total. The predicted molar refractivity (Wildman–Crippen MR) is 80.6 cm³/mol. The summed E-state index contributed by atoms with van der Waals surface area (Å²) in [5.41, 5.74) is -2.58. The van der Waals surface area contributed by atoms with Crippen LogP contribution in [0.3, 0.4) is 0 Å². The van der Waals surface area contributed by atoms with Crippen LogP contribution in [0, 0.1) is 0 Å². The van der Waals surface area contributed by atoms with Crippen molar-refractivity contribution in [2.45, 2.75) is 23.9 Å². The molecule has 0 aliphatic carbocycles. The smallest absolute Gasteiger partial charge is 0.460 e. The number of hydrogen-bond acceptors (Lipinski definition) is 7. The van der Waals surface area contributed by atoms with Crippen molar-refractivity contribution < 1.29 is 49.4 Å². The van der Waals surface area contributed by atoms with Gasteiger partial charge in [-0.1, -0.05) is 35.4 Å². The first-order chi connectivity index (χ1) is 14.1. The average molecular weight is 462 g/mol. The van der Waals surface area contributed by atoms with Gasteiger partial charge >= 0.3 is 29.9 Å². The van der Waals surface area contributed by atoms with Crippen LogP contribution in [0.15, 0.2) is 46.3 Å². The number of benzene rings is 1. The number of alkyl halides is 9. The quantitative estimate of drug-likeness (QED) is 0.276. The molecular weight excluding hydrogens is 455 g/mol. The fourth-order valence-corrected chi connectivity index (χ4v) is 1.89. The predicted octanol–water partition coefficient (Wildman–Crippen LogP) is 4.25. The standard InChI is InChI=1S/C14H7F9N6O2/c15-11(16,12(17,18)13(19,20)14(21,22)23)9(31)7(24-25-10-26-28-29-27-10)8(30)6-4-2-1-3-5-6/h1-5,30H,(H,26,27,28,29)/b8-7+,25-24?. The first-order valence-electron chi connectivity index (χ1n) is 7.53. The highest BCUT2D eigenvalue weighted by molar-refractivity contribution is 6.06. The summed E-state index contributed by atoms with van der Waals surface area (Å²) in [5.74, 6) is -27.0. The van der Waals surface area contributed by atoms with E-state index in [0.717, 1.165) is 12.1 Å². The third-order valence-corrected chi connectivity index (χ3v) is 3.49. The molecule has 2 aromatic rings. The molecule has 0 bridgehead atoms. The van der Waals surface area contributed by atoms with E-state index in [2.05, 4.69) is 25.6 Å². The Hall–Kier alpha value is -3.53.